The van der Waals surface area contributed by atoms with Crippen LogP contribution in [0, 0.1) is 0 Å². The molecule has 0 aliphatic carbocycles. The topological polar surface area (TPSA) is 20.2 Å². The van der Waals surface area contributed by atoms with Crippen LogP contribution in [-0.4, -0.2) is 17.0 Å². The summed E-state index contributed by atoms with van der Waals surface area (Å²) >= 11 is 1.91. The quantitative estimate of drug-likeness (QED) is 0.781. The largest absolute Gasteiger partial charge is 0.393 e. The molecule has 70 valence electrons. The van der Waals surface area contributed by atoms with E-state index in [4.69, 9.17) is 0 Å². The van der Waals surface area contributed by atoms with Gasteiger partial charge in [-0.2, -0.15) is 0 Å². The number of thioether (sulfide) groups is 1. The van der Waals surface area contributed by atoms with Gasteiger partial charge in [0.25, 0.3) is 0 Å². The molecule has 2 rings (SSSR count). The van der Waals surface area contributed by atoms with Crippen LogP contribution in [0.25, 0.3) is 0 Å². The maximum absolute atomic E-state index is 9.33. The van der Waals surface area contributed by atoms with Crippen LogP contribution < -0.4 is 0 Å². The molecule has 1 aromatic rings. The second-order valence-corrected chi connectivity index (χ2v) is 4.69. The van der Waals surface area contributed by atoms with Crippen molar-refractivity contribution in [2.24, 2.45) is 0 Å². The molecule has 0 saturated heterocycles. The molecule has 0 fully saturated rings. The molecule has 0 spiro atoms. The zero-order valence-corrected chi connectivity index (χ0v) is 8.55. The summed E-state index contributed by atoms with van der Waals surface area (Å²) < 4.78 is 0. The lowest BCUT2D eigenvalue weighted by atomic mass is 9.96. The Morgan fingerprint density at radius 2 is 2.31 bits per heavy atom. The summed E-state index contributed by atoms with van der Waals surface area (Å²) in [7, 11) is 0. The fourth-order valence-corrected chi connectivity index (χ4v) is 3.11. The Morgan fingerprint density at radius 1 is 1.54 bits per heavy atom. The van der Waals surface area contributed by atoms with Crippen LogP contribution >= 0.6 is 11.8 Å². The summed E-state index contributed by atoms with van der Waals surface area (Å²) in [5.41, 5.74) is 1.42. The Kier molecular flexibility index (Phi) is 2.61. The van der Waals surface area contributed by atoms with Crippen LogP contribution in [0.5, 0.6) is 0 Å². The van der Waals surface area contributed by atoms with E-state index < -0.39 is 0 Å². The molecule has 1 aromatic carbocycles. The predicted octanol–water partition coefficient (Wildman–Crippen LogP) is 2.65. The fraction of sp³-hybridized carbons (Fsp3) is 0.455. The second kappa shape index (κ2) is 3.72. The number of fused-ring (bicyclic) bond motifs is 1. The van der Waals surface area contributed by atoms with Crippen LogP contribution in [0.3, 0.4) is 0 Å². The number of hydrogen-bond acceptors (Lipinski definition) is 2. The highest BCUT2D eigenvalue weighted by molar-refractivity contribution is 7.99. The molecule has 2 heteroatoms. The average Bonchev–Trinajstić information content (AvgIpc) is 2.48. The van der Waals surface area contributed by atoms with Gasteiger partial charge in [0.15, 0.2) is 0 Å². The van der Waals surface area contributed by atoms with E-state index in [0.29, 0.717) is 5.92 Å². The molecule has 1 heterocycles. The molecule has 0 bridgehead atoms. The Morgan fingerprint density at radius 3 is 3.08 bits per heavy atom. The van der Waals surface area contributed by atoms with Gasteiger partial charge in [-0.25, -0.2) is 0 Å². The zero-order chi connectivity index (χ0) is 9.26. The molecule has 1 aliphatic heterocycles. The maximum atomic E-state index is 9.33. The van der Waals surface area contributed by atoms with E-state index >= 15 is 0 Å². The minimum Gasteiger partial charge on any atom is -0.393 e. The van der Waals surface area contributed by atoms with Crippen LogP contribution in [0.15, 0.2) is 29.2 Å². The lowest BCUT2D eigenvalue weighted by Gasteiger charge is -2.11. The summed E-state index contributed by atoms with van der Waals surface area (Å²) in [4.78, 5) is 1.40. The molecular weight excluding hydrogens is 180 g/mol. The van der Waals surface area contributed by atoms with Crippen molar-refractivity contribution in [2.75, 3.05) is 5.75 Å². The third-order valence-electron chi connectivity index (χ3n) is 2.42. The maximum Gasteiger partial charge on any atom is 0.0518 e. The van der Waals surface area contributed by atoms with Gasteiger partial charge in [0.1, 0.15) is 0 Å². The van der Waals surface area contributed by atoms with Gasteiger partial charge in [0, 0.05) is 10.6 Å². The molecule has 2 unspecified atom stereocenters. The first-order valence-corrected chi connectivity index (χ1v) is 5.65. The normalized spacial score (nSPS) is 22.8. The van der Waals surface area contributed by atoms with Crippen LogP contribution in [0.2, 0.25) is 0 Å². The summed E-state index contributed by atoms with van der Waals surface area (Å²) in [6.07, 6.45) is 0.709. The molecule has 1 N–H and O–H groups in total. The molecule has 1 nitrogen and oxygen atoms in total. The van der Waals surface area contributed by atoms with Gasteiger partial charge in [-0.3, -0.25) is 0 Å². The van der Waals surface area contributed by atoms with Crippen molar-refractivity contribution < 1.29 is 5.11 Å². The van der Waals surface area contributed by atoms with Crippen LogP contribution in [0.1, 0.15) is 24.8 Å². The van der Waals surface area contributed by atoms with E-state index in [1.807, 2.05) is 18.7 Å². The van der Waals surface area contributed by atoms with Gasteiger partial charge in [0.2, 0.25) is 0 Å². The molecule has 0 saturated carbocycles. The summed E-state index contributed by atoms with van der Waals surface area (Å²) in [5, 5.41) is 9.33. The molecule has 0 amide bonds. The number of aliphatic hydroxyl groups is 1. The number of hydrogen-bond donors (Lipinski definition) is 1. The van der Waals surface area contributed by atoms with E-state index in [1.165, 1.54) is 10.5 Å². The lowest BCUT2D eigenvalue weighted by Crippen LogP contribution is -2.07. The minimum absolute atomic E-state index is 0.184. The lowest BCUT2D eigenvalue weighted by molar-refractivity contribution is 0.177. The van der Waals surface area contributed by atoms with E-state index in [1.54, 1.807) is 0 Å². The number of rotatable bonds is 2. The van der Waals surface area contributed by atoms with Gasteiger partial charge in [0.05, 0.1) is 6.10 Å². The molecule has 0 aromatic heterocycles. The van der Waals surface area contributed by atoms with Gasteiger partial charge in [-0.1, -0.05) is 18.2 Å². The molecule has 13 heavy (non-hydrogen) atoms. The monoisotopic (exact) mass is 194 g/mol. The van der Waals surface area contributed by atoms with Crippen LogP contribution in [0.4, 0.5) is 0 Å². The zero-order valence-electron chi connectivity index (χ0n) is 7.73. The summed E-state index contributed by atoms with van der Waals surface area (Å²) in [6, 6.07) is 8.51. The SMILES string of the molecule is CC(O)CC1CSc2ccccc21. The molecular formula is C11H14OS. The Bertz CT molecular complexity index is 296. The third-order valence-corrected chi connectivity index (χ3v) is 3.68. The fourth-order valence-electron chi connectivity index (χ4n) is 1.84. The first-order valence-electron chi connectivity index (χ1n) is 4.67. The molecule has 1 aliphatic rings. The highest BCUT2D eigenvalue weighted by Crippen LogP contribution is 2.41. The van der Waals surface area contributed by atoms with Crippen LogP contribution in [-0.2, 0) is 0 Å². The van der Waals surface area contributed by atoms with Crippen molar-refractivity contribution in [1.29, 1.82) is 0 Å². The van der Waals surface area contributed by atoms with E-state index in [9.17, 15) is 5.11 Å². The van der Waals surface area contributed by atoms with Gasteiger partial charge in [-0.05, 0) is 30.9 Å². The number of benzene rings is 1. The average molecular weight is 194 g/mol. The Hall–Kier alpha value is -0.470. The second-order valence-electron chi connectivity index (χ2n) is 3.63. The van der Waals surface area contributed by atoms with E-state index in [2.05, 4.69) is 24.3 Å². The first kappa shape index (κ1) is 9.10. The van der Waals surface area contributed by atoms with Crippen molar-refractivity contribution >= 4 is 11.8 Å². The third kappa shape index (κ3) is 1.89. The van der Waals surface area contributed by atoms with Gasteiger partial charge < -0.3 is 5.11 Å². The molecule has 0 radical (unpaired) electrons. The van der Waals surface area contributed by atoms with E-state index in [-0.39, 0.29) is 6.10 Å². The summed E-state index contributed by atoms with van der Waals surface area (Å²) in [5.74, 6) is 1.69. The van der Waals surface area contributed by atoms with Crippen molar-refractivity contribution in [3.8, 4) is 0 Å². The predicted molar refractivity (Wildman–Crippen MR) is 56.2 cm³/mol. The van der Waals surface area contributed by atoms with Gasteiger partial charge in [-0.15, -0.1) is 11.8 Å². The summed E-state index contributed by atoms with van der Waals surface area (Å²) in [6.45, 7) is 1.87. The van der Waals surface area contributed by atoms with Crippen molar-refractivity contribution in [1.82, 2.24) is 0 Å². The highest BCUT2D eigenvalue weighted by atomic mass is 32.2. The first-order chi connectivity index (χ1) is 6.27. The van der Waals surface area contributed by atoms with Gasteiger partial charge >= 0.3 is 0 Å². The smallest absolute Gasteiger partial charge is 0.0518 e. The minimum atomic E-state index is -0.184. The molecule has 2 atom stereocenters. The van der Waals surface area contributed by atoms with Crippen molar-refractivity contribution in [2.45, 2.75) is 30.3 Å². The van der Waals surface area contributed by atoms with E-state index in [0.717, 1.165) is 12.2 Å². The Labute approximate surface area is 83.2 Å². The highest BCUT2D eigenvalue weighted by Gasteiger charge is 2.23. The van der Waals surface area contributed by atoms with Crippen molar-refractivity contribution in [3.05, 3.63) is 29.8 Å². The number of aliphatic hydroxyl groups excluding tert-OH is 1. The standard InChI is InChI=1S/C11H14OS/c1-8(12)6-9-7-13-11-5-3-2-4-10(9)11/h2-5,8-9,12H,6-7H2,1H3. The van der Waals surface area contributed by atoms with Crippen molar-refractivity contribution in [3.63, 3.8) is 0 Å². The Balaban J connectivity index is 2.18.